The first-order valence-electron chi connectivity index (χ1n) is 5.81. The van der Waals surface area contributed by atoms with Gasteiger partial charge >= 0.3 is 0 Å². The van der Waals surface area contributed by atoms with Gasteiger partial charge in [0.05, 0.1) is 6.61 Å². The molecule has 1 aliphatic heterocycles. The largest absolute Gasteiger partial charge is 0.367 e. The Balaban J connectivity index is 2.27. The van der Waals surface area contributed by atoms with E-state index in [-0.39, 0.29) is 5.44 Å². The van der Waals surface area contributed by atoms with Crippen molar-refractivity contribution in [1.29, 1.82) is 0 Å². The summed E-state index contributed by atoms with van der Waals surface area (Å²) < 4.78 is 5.89. The molecule has 1 heterocycles. The van der Waals surface area contributed by atoms with Crippen LogP contribution in [0.15, 0.2) is 35.2 Å². The Kier molecular flexibility index (Phi) is 4.08. The second-order valence-corrected chi connectivity index (χ2v) is 5.47. The van der Waals surface area contributed by atoms with E-state index < -0.39 is 0 Å². The van der Waals surface area contributed by atoms with E-state index in [0.717, 1.165) is 13.0 Å². The number of hydrogen-bond donors (Lipinski definition) is 0. The lowest BCUT2D eigenvalue weighted by Crippen LogP contribution is -2.16. The van der Waals surface area contributed by atoms with Crippen LogP contribution < -0.4 is 0 Å². The molecule has 0 saturated heterocycles. The fourth-order valence-electron chi connectivity index (χ4n) is 1.68. The molecule has 1 aromatic rings. The molecule has 86 valence electrons. The Labute approximate surface area is 102 Å². The van der Waals surface area contributed by atoms with Gasteiger partial charge in [0, 0.05) is 4.90 Å². The number of fused-ring (bicyclic) bond motifs is 1. The summed E-state index contributed by atoms with van der Waals surface area (Å²) >= 11 is 1.84. The summed E-state index contributed by atoms with van der Waals surface area (Å²) in [5.41, 5.74) is 1.57. The Hall–Kier alpha value is -0.730. The fraction of sp³-hybridized carbons (Fsp3) is 0.429. The quantitative estimate of drug-likeness (QED) is 0.720. The molecule has 0 radical (unpaired) electrons. The summed E-state index contributed by atoms with van der Waals surface area (Å²) in [6, 6.07) is 8.53. The van der Waals surface area contributed by atoms with Gasteiger partial charge in [-0.05, 0) is 24.0 Å². The van der Waals surface area contributed by atoms with Gasteiger partial charge in [0.15, 0.2) is 0 Å². The van der Waals surface area contributed by atoms with E-state index in [0.29, 0.717) is 5.92 Å². The van der Waals surface area contributed by atoms with Gasteiger partial charge in [-0.15, -0.1) is 0 Å². The van der Waals surface area contributed by atoms with Gasteiger partial charge in [-0.25, -0.2) is 0 Å². The van der Waals surface area contributed by atoms with Crippen LogP contribution in [0, 0.1) is 5.92 Å². The van der Waals surface area contributed by atoms with Crippen molar-refractivity contribution in [3.8, 4) is 0 Å². The zero-order valence-corrected chi connectivity index (χ0v) is 10.7. The molecule has 0 amide bonds. The standard InChI is InChI=1S/C14H18OS/c1-11(2)14-15-10-6-5-8-12-7-3-4-9-13(12)16-14/h3-5,7-9,11,14H,6,10H2,1-2H3. The van der Waals surface area contributed by atoms with Crippen LogP contribution in [-0.4, -0.2) is 12.0 Å². The first-order valence-corrected chi connectivity index (χ1v) is 6.69. The van der Waals surface area contributed by atoms with Crippen LogP contribution in [0.1, 0.15) is 25.8 Å². The zero-order chi connectivity index (χ0) is 11.4. The average Bonchev–Trinajstić information content (AvgIpc) is 2.38. The maximum atomic E-state index is 5.89. The summed E-state index contributed by atoms with van der Waals surface area (Å²) in [7, 11) is 0. The molecule has 1 unspecified atom stereocenters. The van der Waals surface area contributed by atoms with Crippen LogP contribution in [-0.2, 0) is 4.74 Å². The maximum Gasteiger partial charge on any atom is 0.110 e. The van der Waals surface area contributed by atoms with Gasteiger partial charge in [0.25, 0.3) is 0 Å². The van der Waals surface area contributed by atoms with Gasteiger partial charge in [0.2, 0.25) is 0 Å². The van der Waals surface area contributed by atoms with Gasteiger partial charge in [-0.3, -0.25) is 0 Å². The van der Waals surface area contributed by atoms with E-state index in [4.69, 9.17) is 4.74 Å². The predicted octanol–water partition coefficient (Wildman–Crippen LogP) is 4.19. The van der Waals surface area contributed by atoms with Gasteiger partial charge in [-0.2, -0.15) is 0 Å². The van der Waals surface area contributed by atoms with E-state index in [2.05, 4.69) is 50.3 Å². The molecule has 0 bridgehead atoms. The summed E-state index contributed by atoms with van der Waals surface area (Å²) in [5, 5.41) is 0. The van der Waals surface area contributed by atoms with Crippen molar-refractivity contribution in [3.63, 3.8) is 0 Å². The van der Waals surface area contributed by atoms with Gasteiger partial charge in [-0.1, -0.05) is 56.0 Å². The second kappa shape index (κ2) is 5.55. The minimum atomic E-state index is 0.265. The molecule has 1 atom stereocenters. The monoisotopic (exact) mass is 234 g/mol. The van der Waals surface area contributed by atoms with E-state index in [1.165, 1.54) is 10.5 Å². The molecule has 0 spiro atoms. The van der Waals surface area contributed by atoms with Crippen molar-refractivity contribution in [1.82, 2.24) is 0 Å². The molecule has 1 aliphatic rings. The topological polar surface area (TPSA) is 9.23 Å². The number of thioether (sulfide) groups is 1. The van der Waals surface area contributed by atoms with Crippen LogP contribution in [0.3, 0.4) is 0 Å². The van der Waals surface area contributed by atoms with Gasteiger partial charge < -0.3 is 4.74 Å². The zero-order valence-electron chi connectivity index (χ0n) is 9.85. The summed E-state index contributed by atoms with van der Waals surface area (Å²) in [5.74, 6) is 0.538. The second-order valence-electron chi connectivity index (χ2n) is 4.33. The first kappa shape index (κ1) is 11.7. The van der Waals surface area contributed by atoms with Crippen LogP contribution in [0.5, 0.6) is 0 Å². The number of rotatable bonds is 1. The minimum absolute atomic E-state index is 0.265. The lowest BCUT2D eigenvalue weighted by Gasteiger charge is -2.20. The molecule has 0 aromatic heterocycles. The third-order valence-corrected chi connectivity index (χ3v) is 4.11. The van der Waals surface area contributed by atoms with Crippen LogP contribution >= 0.6 is 11.8 Å². The van der Waals surface area contributed by atoms with Gasteiger partial charge in [0.1, 0.15) is 5.44 Å². The van der Waals surface area contributed by atoms with Crippen LogP contribution in [0.2, 0.25) is 0 Å². The van der Waals surface area contributed by atoms with Crippen molar-refractivity contribution in [2.45, 2.75) is 30.6 Å². The first-order chi connectivity index (χ1) is 7.77. The Morgan fingerprint density at radius 2 is 2.12 bits per heavy atom. The van der Waals surface area contributed by atoms with E-state index in [9.17, 15) is 0 Å². The summed E-state index contributed by atoms with van der Waals surface area (Å²) in [4.78, 5) is 1.32. The normalized spacial score (nSPS) is 21.1. The highest BCUT2D eigenvalue weighted by molar-refractivity contribution is 7.99. The predicted molar refractivity (Wildman–Crippen MR) is 70.5 cm³/mol. The molecule has 0 aliphatic carbocycles. The van der Waals surface area contributed by atoms with Crippen molar-refractivity contribution in [3.05, 3.63) is 35.9 Å². The lowest BCUT2D eigenvalue weighted by atomic mass is 10.2. The number of hydrogen-bond acceptors (Lipinski definition) is 2. The molecule has 1 aromatic carbocycles. The summed E-state index contributed by atoms with van der Waals surface area (Å²) in [6.07, 6.45) is 5.40. The minimum Gasteiger partial charge on any atom is -0.367 e. The highest BCUT2D eigenvalue weighted by atomic mass is 32.2. The highest BCUT2D eigenvalue weighted by Crippen LogP contribution is 2.33. The Bertz CT molecular complexity index is 371. The molecule has 16 heavy (non-hydrogen) atoms. The van der Waals surface area contributed by atoms with Crippen LogP contribution in [0.25, 0.3) is 6.08 Å². The summed E-state index contributed by atoms with van der Waals surface area (Å²) in [6.45, 7) is 5.25. The lowest BCUT2D eigenvalue weighted by molar-refractivity contribution is 0.0875. The average molecular weight is 234 g/mol. The smallest absolute Gasteiger partial charge is 0.110 e. The molecular formula is C14H18OS. The van der Waals surface area contributed by atoms with E-state index >= 15 is 0 Å². The molecule has 0 saturated carbocycles. The van der Waals surface area contributed by atoms with Crippen molar-refractivity contribution in [2.24, 2.45) is 5.92 Å². The molecule has 2 rings (SSSR count). The number of benzene rings is 1. The van der Waals surface area contributed by atoms with E-state index in [1.54, 1.807) is 0 Å². The third kappa shape index (κ3) is 2.89. The molecule has 0 N–H and O–H groups in total. The third-order valence-electron chi connectivity index (χ3n) is 2.57. The van der Waals surface area contributed by atoms with Crippen molar-refractivity contribution < 1.29 is 4.74 Å². The SMILES string of the molecule is CC(C)C1OCCC=Cc2ccccc2S1. The van der Waals surface area contributed by atoms with Crippen molar-refractivity contribution in [2.75, 3.05) is 6.61 Å². The maximum absolute atomic E-state index is 5.89. The molecule has 1 nitrogen and oxygen atoms in total. The highest BCUT2D eigenvalue weighted by Gasteiger charge is 2.17. The molecule has 2 heteroatoms. The van der Waals surface area contributed by atoms with Crippen LogP contribution in [0.4, 0.5) is 0 Å². The molecule has 0 fully saturated rings. The fourth-order valence-corrected chi connectivity index (χ4v) is 2.79. The van der Waals surface area contributed by atoms with Crippen molar-refractivity contribution >= 4 is 17.8 Å². The van der Waals surface area contributed by atoms with E-state index in [1.807, 2.05) is 11.8 Å². The number of ether oxygens (including phenoxy) is 1. The Morgan fingerprint density at radius 1 is 1.31 bits per heavy atom. The molecular weight excluding hydrogens is 216 g/mol. The Morgan fingerprint density at radius 3 is 2.94 bits per heavy atom.